The molecule has 0 saturated carbocycles. The van der Waals surface area contributed by atoms with Gasteiger partial charge in [-0.25, -0.2) is 4.57 Å². The lowest BCUT2D eigenvalue weighted by Gasteiger charge is -2.34. The molecule has 0 bridgehead atoms. The van der Waals surface area contributed by atoms with Crippen molar-refractivity contribution in [1.29, 1.82) is 0 Å². The van der Waals surface area contributed by atoms with Gasteiger partial charge in [0.05, 0.1) is 11.1 Å². The summed E-state index contributed by atoms with van der Waals surface area (Å²) in [5, 5.41) is 0. The maximum atomic E-state index is 13.6. The lowest BCUT2D eigenvalue weighted by molar-refractivity contribution is -0.138. The number of rotatable bonds is 2. The van der Waals surface area contributed by atoms with Crippen molar-refractivity contribution in [3.05, 3.63) is 106 Å². The molecule has 1 heterocycles. The highest BCUT2D eigenvalue weighted by Crippen LogP contribution is 2.65. The smallest absolute Gasteiger partial charge is 0.394 e. The zero-order valence-electron chi connectivity index (χ0n) is 21.6. The van der Waals surface area contributed by atoms with Gasteiger partial charge in [0.15, 0.2) is 0 Å². The first kappa shape index (κ1) is 27.1. The second-order valence-corrected chi connectivity index (χ2v) is 12.1. The van der Waals surface area contributed by atoms with Crippen molar-refractivity contribution in [3.63, 3.8) is 0 Å². The SMILES string of the molecule is O=P1(O)Oc2c(-c3cccc(C(F)(F)F)c3)ccc3c2C2(CC3)CCc3ccc(-c4cccc(C(F)(F)F)c4)c(c32)O1. The van der Waals surface area contributed by atoms with Gasteiger partial charge in [-0.15, -0.1) is 0 Å². The molecule has 4 aromatic carbocycles. The van der Waals surface area contributed by atoms with Crippen LogP contribution in [0, 0.1) is 0 Å². The normalized spacial score (nSPS) is 17.9. The Hall–Kier alpha value is -3.75. The molecular weight excluding hydrogens is 581 g/mol. The third kappa shape index (κ3) is 4.14. The highest BCUT2D eigenvalue weighted by Gasteiger charge is 2.52. The van der Waals surface area contributed by atoms with Gasteiger partial charge in [0.1, 0.15) is 11.5 Å². The van der Waals surface area contributed by atoms with Crippen molar-refractivity contribution in [2.24, 2.45) is 0 Å². The maximum absolute atomic E-state index is 13.6. The van der Waals surface area contributed by atoms with Crippen LogP contribution in [0.2, 0.25) is 0 Å². The molecule has 0 aromatic heterocycles. The number of benzene rings is 4. The van der Waals surface area contributed by atoms with Crippen LogP contribution < -0.4 is 9.05 Å². The van der Waals surface area contributed by atoms with Crippen LogP contribution in [-0.2, 0) is 35.2 Å². The first-order valence-electron chi connectivity index (χ1n) is 13.2. The van der Waals surface area contributed by atoms with E-state index in [9.17, 15) is 35.8 Å². The summed E-state index contributed by atoms with van der Waals surface area (Å²) in [4.78, 5) is 11.0. The van der Waals surface area contributed by atoms with Gasteiger partial charge < -0.3 is 9.05 Å². The van der Waals surface area contributed by atoms with E-state index < -0.39 is 36.7 Å². The molecule has 0 unspecified atom stereocenters. The number of alkyl halides is 6. The van der Waals surface area contributed by atoms with Crippen LogP contribution in [0.3, 0.4) is 0 Å². The van der Waals surface area contributed by atoms with E-state index in [0.29, 0.717) is 36.8 Å². The quantitative estimate of drug-likeness (QED) is 0.184. The zero-order chi connectivity index (χ0) is 29.7. The predicted octanol–water partition coefficient (Wildman–Crippen LogP) is 9.11. The average molecular weight is 602 g/mol. The fraction of sp³-hybridized carbons (Fsp3) is 0.226. The standard InChI is InChI=1S/C31H21F6O4P/c32-30(33,34)21-5-1-3-19(15-21)23-9-7-17-11-13-29-14-12-18-8-10-24(20-4-2-6-22(16-20)31(35,36)37)28(26(18)29)41-42(38,39)40-27(23)25(17)29/h1-10,15-16H,11-14H2,(H,38,39). The Labute approximate surface area is 236 Å². The summed E-state index contributed by atoms with van der Waals surface area (Å²) in [5.41, 5.74) is 1.07. The molecule has 11 heteroatoms. The molecule has 3 aliphatic rings. The van der Waals surface area contributed by atoms with E-state index in [-0.39, 0.29) is 33.8 Å². The molecular formula is C31H21F6O4P. The molecule has 4 nitrogen and oxygen atoms in total. The van der Waals surface area contributed by atoms with Crippen LogP contribution >= 0.6 is 7.82 Å². The number of phosphoric ester groups is 1. The van der Waals surface area contributed by atoms with Crippen molar-refractivity contribution >= 4 is 7.82 Å². The largest absolute Gasteiger partial charge is 0.584 e. The van der Waals surface area contributed by atoms with Gasteiger partial charge in [-0.1, -0.05) is 48.5 Å². The highest BCUT2D eigenvalue weighted by molar-refractivity contribution is 7.48. The minimum absolute atomic E-state index is 0.0156. The minimum Gasteiger partial charge on any atom is -0.394 e. The molecule has 7 rings (SSSR count). The third-order valence-corrected chi connectivity index (χ3v) is 9.33. The number of hydrogen-bond donors (Lipinski definition) is 1. The Bertz CT molecular complexity index is 1700. The predicted molar refractivity (Wildman–Crippen MR) is 142 cm³/mol. The molecule has 1 N–H and O–H groups in total. The van der Waals surface area contributed by atoms with E-state index in [1.807, 2.05) is 0 Å². The highest BCUT2D eigenvalue weighted by atomic mass is 31.2. The van der Waals surface area contributed by atoms with E-state index >= 15 is 0 Å². The lowest BCUT2D eigenvalue weighted by Crippen LogP contribution is -2.25. The minimum atomic E-state index is -4.99. The van der Waals surface area contributed by atoms with E-state index in [0.717, 1.165) is 35.4 Å². The second kappa shape index (κ2) is 8.88. The van der Waals surface area contributed by atoms with Gasteiger partial charge in [0.2, 0.25) is 0 Å². The Balaban J connectivity index is 1.49. The Morgan fingerprint density at radius 3 is 1.50 bits per heavy atom. The number of phosphoric acid groups is 1. The molecule has 42 heavy (non-hydrogen) atoms. The van der Waals surface area contributed by atoms with Crippen molar-refractivity contribution < 1.29 is 44.8 Å². The molecule has 0 fully saturated rings. The third-order valence-electron chi connectivity index (χ3n) is 8.50. The van der Waals surface area contributed by atoms with E-state index in [1.54, 1.807) is 24.3 Å². The van der Waals surface area contributed by atoms with Gasteiger partial charge >= 0.3 is 20.2 Å². The Morgan fingerprint density at radius 2 is 1.10 bits per heavy atom. The number of aryl methyl sites for hydroxylation is 2. The molecule has 1 aliphatic heterocycles. The van der Waals surface area contributed by atoms with Crippen LogP contribution in [0.15, 0.2) is 72.8 Å². The summed E-state index contributed by atoms with van der Waals surface area (Å²) in [6, 6.07) is 16.0. The molecule has 0 saturated heterocycles. The molecule has 0 radical (unpaired) electrons. The van der Waals surface area contributed by atoms with Gasteiger partial charge in [-0.05, 0) is 72.2 Å². The number of halogens is 6. The molecule has 0 amide bonds. The topological polar surface area (TPSA) is 55.8 Å². The van der Waals surface area contributed by atoms with E-state index in [4.69, 9.17) is 9.05 Å². The van der Waals surface area contributed by atoms with Gasteiger partial charge in [-0.3, -0.25) is 4.89 Å². The fourth-order valence-corrected chi connectivity index (χ4v) is 7.66. The van der Waals surface area contributed by atoms with Crippen LogP contribution in [-0.4, -0.2) is 4.89 Å². The van der Waals surface area contributed by atoms with Crippen LogP contribution in [0.1, 0.15) is 46.2 Å². The molecule has 4 aromatic rings. The van der Waals surface area contributed by atoms with Gasteiger partial charge in [0.25, 0.3) is 0 Å². The maximum Gasteiger partial charge on any atom is 0.584 e. The summed E-state index contributed by atoms with van der Waals surface area (Å²) < 4.78 is 106. The van der Waals surface area contributed by atoms with E-state index in [2.05, 4.69) is 0 Å². The first-order valence-corrected chi connectivity index (χ1v) is 14.7. The summed E-state index contributed by atoms with van der Waals surface area (Å²) in [6.45, 7) is 0. The van der Waals surface area contributed by atoms with Crippen LogP contribution in [0.5, 0.6) is 11.5 Å². The Kier molecular flexibility index (Phi) is 5.73. The zero-order valence-corrected chi connectivity index (χ0v) is 22.5. The molecule has 216 valence electrons. The van der Waals surface area contributed by atoms with Crippen LogP contribution in [0.4, 0.5) is 26.3 Å². The van der Waals surface area contributed by atoms with E-state index in [1.165, 1.54) is 24.3 Å². The van der Waals surface area contributed by atoms with Crippen LogP contribution in [0.25, 0.3) is 22.3 Å². The summed E-state index contributed by atoms with van der Waals surface area (Å²) in [7, 11) is -4.99. The second-order valence-electron chi connectivity index (χ2n) is 10.8. The van der Waals surface area contributed by atoms with Crippen molar-refractivity contribution in [1.82, 2.24) is 0 Å². The molecule has 0 atom stereocenters. The lowest BCUT2D eigenvalue weighted by atomic mass is 9.74. The average Bonchev–Trinajstić information content (AvgIpc) is 3.49. The van der Waals surface area contributed by atoms with Crippen molar-refractivity contribution in [2.75, 3.05) is 0 Å². The van der Waals surface area contributed by atoms with Gasteiger partial charge in [0, 0.05) is 27.7 Å². The van der Waals surface area contributed by atoms with Crippen molar-refractivity contribution in [2.45, 2.75) is 43.5 Å². The summed E-state index contributed by atoms with van der Waals surface area (Å²) in [6.07, 6.45) is -6.94. The summed E-state index contributed by atoms with van der Waals surface area (Å²) in [5.74, 6) is -0.0312. The molecule has 2 aliphatic carbocycles. The van der Waals surface area contributed by atoms with Gasteiger partial charge in [-0.2, -0.15) is 26.3 Å². The Morgan fingerprint density at radius 1 is 0.667 bits per heavy atom. The monoisotopic (exact) mass is 602 g/mol. The first-order chi connectivity index (χ1) is 19.8. The van der Waals surface area contributed by atoms with Crippen molar-refractivity contribution in [3.8, 4) is 33.8 Å². The summed E-state index contributed by atoms with van der Waals surface area (Å²) >= 11 is 0. The fourth-order valence-electron chi connectivity index (χ4n) is 6.78. The molecule has 1 spiro atoms. The number of hydrogen-bond acceptors (Lipinski definition) is 3.